The van der Waals surface area contributed by atoms with Crippen molar-refractivity contribution in [2.45, 2.75) is 65.1 Å². The molecule has 2 amide bonds. The maximum Gasteiger partial charge on any atom is 0.494 e. The predicted octanol–water partition coefficient (Wildman–Crippen LogP) is 0.840. The second-order valence-electron chi connectivity index (χ2n) is 10.3. The molecule has 0 aliphatic carbocycles. The van der Waals surface area contributed by atoms with Gasteiger partial charge in [0.25, 0.3) is 0 Å². The van der Waals surface area contributed by atoms with Crippen LogP contribution in [0.5, 0.6) is 0 Å². The molecule has 10 nitrogen and oxygen atoms in total. The Morgan fingerprint density at radius 1 is 1.24 bits per heavy atom. The molecular weight excluding hydrogens is 778 g/mol. The molecule has 16 heteroatoms. The number of aliphatic hydroxyl groups excluding tert-OH is 1. The summed E-state index contributed by atoms with van der Waals surface area (Å²) in [6.07, 6.45) is 8.59. The molecule has 7 N–H and O–H groups in total. The van der Waals surface area contributed by atoms with E-state index >= 15 is 4.39 Å². The number of aliphatic hydroxyl groups is 1. The minimum atomic E-state index is -2.28. The van der Waals surface area contributed by atoms with Crippen molar-refractivity contribution in [1.82, 2.24) is 10.2 Å². The zero-order chi connectivity index (χ0) is 33.9. The molecule has 2 aromatic carbocycles. The normalized spacial score (nSPS) is 11.4. The molecule has 0 atom stereocenters. The van der Waals surface area contributed by atoms with Gasteiger partial charge < -0.3 is 47.6 Å². The van der Waals surface area contributed by atoms with Crippen molar-refractivity contribution in [2.24, 2.45) is 5.73 Å². The molecule has 2 aromatic rings. The number of hydrogen-bond donors (Lipinski definition) is 6. The Hall–Kier alpha value is -1.83. The summed E-state index contributed by atoms with van der Waals surface area (Å²) in [5.74, 6) is -2.22. The average Bonchev–Trinajstić information content (AvgIpc) is 3.34. The van der Waals surface area contributed by atoms with Crippen molar-refractivity contribution < 1.29 is 64.3 Å². The third kappa shape index (κ3) is 15.5. The number of thioether (sulfide) groups is 1. The number of hydrogen-bond acceptors (Lipinski definition) is 9. The van der Waals surface area contributed by atoms with Gasteiger partial charge >= 0.3 is 14.2 Å². The number of unbranched alkanes of at least 4 members (excludes halogenated alkanes) is 2. The van der Waals surface area contributed by atoms with Gasteiger partial charge in [-0.25, -0.2) is 8.78 Å². The SMILES string of the molecule is CCCCCNC(=O)CN(Cc1ccc2c(c1)B(O)OC2)C(C)(C)Cc1ccc(F)c(B(O)O)c1F.CO.NC=O.[CH2-]SC.[W]. The number of nitrogens with two attached hydrogens (primary N) is 1. The maximum atomic E-state index is 15.0. The minimum Gasteiger partial charge on any atom is -0.423 e. The molecule has 1 heterocycles. The third-order valence-electron chi connectivity index (χ3n) is 6.63. The maximum absolute atomic E-state index is 15.0. The second kappa shape index (κ2) is 24.4. The Morgan fingerprint density at radius 2 is 1.84 bits per heavy atom. The number of nitrogens with zero attached hydrogens (tertiary/aromatic N) is 1. The van der Waals surface area contributed by atoms with Crippen LogP contribution in [-0.4, -0.2) is 83.6 Å². The van der Waals surface area contributed by atoms with E-state index < -0.39 is 36.9 Å². The van der Waals surface area contributed by atoms with Crippen LogP contribution in [0.1, 0.15) is 56.7 Å². The summed E-state index contributed by atoms with van der Waals surface area (Å²) in [6, 6.07) is 7.92. The van der Waals surface area contributed by atoms with E-state index in [9.17, 15) is 24.3 Å². The van der Waals surface area contributed by atoms with Gasteiger partial charge in [0.15, 0.2) is 0 Å². The predicted molar refractivity (Wildman–Crippen MR) is 173 cm³/mol. The molecule has 1 aliphatic rings. The van der Waals surface area contributed by atoms with Crippen LogP contribution >= 0.6 is 11.8 Å². The molecular formula is C29H46B2F2N3O7SW-. The van der Waals surface area contributed by atoms with E-state index in [1.54, 1.807) is 0 Å². The molecule has 1 aliphatic heterocycles. The van der Waals surface area contributed by atoms with E-state index in [4.69, 9.17) is 14.6 Å². The second-order valence-corrected chi connectivity index (χ2v) is 10.9. The summed E-state index contributed by atoms with van der Waals surface area (Å²) in [5.41, 5.74) is 5.11. The molecule has 45 heavy (non-hydrogen) atoms. The van der Waals surface area contributed by atoms with E-state index in [1.165, 1.54) is 17.8 Å². The monoisotopic (exact) mass is 824 g/mol. The largest absolute Gasteiger partial charge is 0.494 e. The molecule has 0 bridgehead atoms. The number of amides is 2. The zero-order valence-electron chi connectivity index (χ0n) is 26.6. The van der Waals surface area contributed by atoms with E-state index in [-0.39, 0.29) is 51.9 Å². The van der Waals surface area contributed by atoms with Crippen LogP contribution in [0.15, 0.2) is 30.3 Å². The fraction of sp³-hybridized carbons (Fsp3) is 0.483. The molecule has 0 spiro atoms. The number of fused-ring (bicyclic) bond motifs is 1. The first-order valence-corrected chi connectivity index (χ1v) is 15.4. The summed E-state index contributed by atoms with van der Waals surface area (Å²) in [5, 5.41) is 38.9. The van der Waals surface area contributed by atoms with Crippen LogP contribution in [0, 0.1) is 17.9 Å². The Labute approximate surface area is 285 Å². The first kappa shape index (κ1) is 45.3. The smallest absolute Gasteiger partial charge is 0.423 e. The topological polar surface area (TPSA) is 166 Å². The number of nitrogens with one attached hydrogen (secondary N) is 1. The van der Waals surface area contributed by atoms with Gasteiger partial charge in [-0.05, 0) is 61.2 Å². The van der Waals surface area contributed by atoms with Crippen LogP contribution in [-0.2, 0) is 54.9 Å². The standard InChI is InChI=1S/C25H34B2F2N2O5.C2H5S.CH3NO.CH4O.W/c1-4-5-6-11-30-22(32)15-31(14-17-7-8-19-16-36-27(35)20(19)12-17)25(2,3)13-18-9-10-21(28)23(24(18)29)26(33)34;1-3-2;2-1-3;1-2;/h7-10,12,33-35H,4-6,11,13-16H2,1-3H3,(H,30,32);1H2,2H3;1H,(H2,2,3);2H,1H3;/q;-1;;;. The summed E-state index contributed by atoms with van der Waals surface area (Å²) >= 11 is 1.50. The van der Waals surface area contributed by atoms with Crippen LogP contribution in [0.25, 0.3) is 0 Å². The van der Waals surface area contributed by atoms with Crippen LogP contribution in [0.3, 0.4) is 0 Å². The summed E-state index contributed by atoms with van der Waals surface area (Å²) in [6.45, 7) is 7.03. The van der Waals surface area contributed by atoms with E-state index in [2.05, 4.69) is 24.2 Å². The van der Waals surface area contributed by atoms with Crippen molar-refractivity contribution in [2.75, 3.05) is 26.5 Å². The number of carbonyl (C=O) groups excluding carboxylic acids is 2. The summed E-state index contributed by atoms with van der Waals surface area (Å²) < 4.78 is 34.3. The number of rotatable bonds is 12. The van der Waals surface area contributed by atoms with Gasteiger partial charge in [-0.1, -0.05) is 44.0 Å². The van der Waals surface area contributed by atoms with Crippen LogP contribution in [0.2, 0.25) is 0 Å². The number of benzene rings is 2. The number of carbonyl (C=O) groups is 2. The van der Waals surface area contributed by atoms with Crippen LogP contribution < -0.4 is 22.0 Å². The van der Waals surface area contributed by atoms with Crippen molar-refractivity contribution in [3.63, 3.8) is 0 Å². The van der Waals surface area contributed by atoms with Gasteiger partial charge in [0.05, 0.1) is 18.6 Å². The first-order chi connectivity index (χ1) is 20.9. The molecule has 0 aromatic heterocycles. The molecule has 252 valence electrons. The Bertz CT molecular complexity index is 1160. The van der Waals surface area contributed by atoms with Gasteiger partial charge in [-0.3, -0.25) is 20.7 Å². The fourth-order valence-corrected chi connectivity index (χ4v) is 4.46. The molecule has 0 radical (unpaired) electrons. The van der Waals surface area contributed by atoms with Crippen molar-refractivity contribution in [1.29, 1.82) is 0 Å². The molecule has 0 fully saturated rings. The quantitative estimate of drug-likeness (QED) is 0.0789. The summed E-state index contributed by atoms with van der Waals surface area (Å²) in [7, 11) is -2.28. The zero-order valence-corrected chi connectivity index (χ0v) is 30.3. The Kier molecular flexibility index (Phi) is 24.5. The molecule has 0 unspecified atom stereocenters. The van der Waals surface area contributed by atoms with Crippen molar-refractivity contribution in [3.8, 4) is 0 Å². The van der Waals surface area contributed by atoms with Gasteiger partial charge in [-0.2, -0.15) is 0 Å². The Balaban J connectivity index is 0. The van der Waals surface area contributed by atoms with Crippen LogP contribution in [0.4, 0.5) is 8.78 Å². The average molecular weight is 824 g/mol. The van der Waals surface area contributed by atoms with Crippen molar-refractivity contribution >= 4 is 49.2 Å². The van der Waals surface area contributed by atoms with E-state index in [1.807, 2.05) is 43.2 Å². The van der Waals surface area contributed by atoms with E-state index in [0.29, 0.717) is 25.2 Å². The molecule has 0 saturated heterocycles. The Morgan fingerprint density at radius 3 is 2.40 bits per heavy atom. The fourth-order valence-electron chi connectivity index (χ4n) is 4.46. The summed E-state index contributed by atoms with van der Waals surface area (Å²) in [4.78, 5) is 23.3. The number of primary amides is 1. The number of halogens is 2. The molecule has 0 saturated carbocycles. The third-order valence-corrected chi connectivity index (χ3v) is 6.63. The first-order valence-electron chi connectivity index (χ1n) is 14.0. The van der Waals surface area contributed by atoms with Gasteiger partial charge in [-0.15, -0.1) is 0 Å². The van der Waals surface area contributed by atoms with E-state index in [0.717, 1.165) is 43.6 Å². The van der Waals surface area contributed by atoms with Crippen molar-refractivity contribution in [3.05, 3.63) is 64.9 Å². The van der Waals surface area contributed by atoms with Gasteiger partial charge in [0, 0.05) is 46.8 Å². The minimum absolute atomic E-state index is 0. The molecule has 3 rings (SSSR count). The van der Waals surface area contributed by atoms with Gasteiger partial charge in [0.2, 0.25) is 12.3 Å². The van der Waals surface area contributed by atoms with Gasteiger partial charge in [0.1, 0.15) is 11.6 Å².